The highest BCUT2D eigenvalue weighted by atomic mass is 16.7. The molecule has 0 aliphatic carbocycles. The number of hydrogen-bond donors (Lipinski definition) is 4. The van der Waals surface area contributed by atoms with Crippen LogP contribution in [-0.2, 0) is 78.7 Å². The summed E-state index contributed by atoms with van der Waals surface area (Å²) < 4.78 is 51.7. The van der Waals surface area contributed by atoms with Crippen LogP contribution in [0.25, 0.3) is 0 Å². The van der Waals surface area contributed by atoms with Crippen molar-refractivity contribution in [2.24, 2.45) is 0 Å². The number of aliphatic carboxylic acids is 1. The van der Waals surface area contributed by atoms with Gasteiger partial charge >= 0.3 is 5.97 Å². The number of ether oxygens (including phenoxy) is 8. The number of aliphatic hydroxyl groups excluding tert-OH is 1. The largest absolute Gasteiger partial charge is 0.479 e. The standard InChI is InChI=1S/C47H56N2O13/c1-30(45(52)53)59-44-39(48-31(2)50)46(54)60-38(29-56-25-34-18-10-5-11-19-34)42(44)62-47-40(49-32(3)51)43(58-27-36-22-14-7-15-23-36)41(57-26-35-20-12-6-13-21-35)37(61-47)28-55-24-33-16-8-4-9-17-33/h4-23,30,37-44,46-47,54H,24-29H2,1-3H3,(H,48,50)(H,49,51)(H,52,53)/t30-,37-,38-,39-,40-,41-,42-,43-,44-,46+,47+/m1/s1. The van der Waals surface area contributed by atoms with Crippen molar-refractivity contribution in [1.29, 1.82) is 0 Å². The van der Waals surface area contributed by atoms with Gasteiger partial charge in [0.25, 0.3) is 0 Å². The monoisotopic (exact) mass is 856 g/mol. The number of amides is 2. The van der Waals surface area contributed by atoms with Crippen LogP contribution in [0.3, 0.4) is 0 Å². The quantitative estimate of drug-likeness (QED) is 0.0931. The summed E-state index contributed by atoms with van der Waals surface area (Å²) >= 11 is 0. The molecule has 332 valence electrons. The van der Waals surface area contributed by atoms with Gasteiger partial charge in [-0.25, -0.2) is 4.79 Å². The van der Waals surface area contributed by atoms with Crippen LogP contribution < -0.4 is 10.6 Å². The molecule has 2 amide bonds. The van der Waals surface area contributed by atoms with Crippen molar-refractivity contribution in [2.45, 2.75) is 115 Å². The first-order valence-corrected chi connectivity index (χ1v) is 20.7. The molecular formula is C47H56N2O13. The van der Waals surface area contributed by atoms with Crippen molar-refractivity contribution >= 4 is 17.8 Å². The highest BCUT2D eigenvalue weighted by Crippen LogP contribution is 2.34. The number of aliphatic hydroxyl groups is 1. The van der Waals surface area contributed by atoms with E-state index in [1.165, 1.54) is 20.8 Å². The Balaban J connectivity index is 1.39. The van der Waals surface area contributed by atoms with Crippen molar-refractivity contribution in [1.82, 2.24) is 10.6 Å². The van der Waals surface area contributed by atoms with Gasteiger partial charge in [-0.2, -0.15) is 0 Å². The van der Waals surface area contributed by atoms with Crippen LogP contribution in [0.1, 0.15) is 43.0 Å². The van der Waals surface area contributed by atoms with Crippen molar-refractivity contribution in [2.75, 3.05) is 13.2 Å². The van der Waals surface area contributed by atoms with Gasteiger partial charge in [0.05, 0.1) is 39.6 Å². The molecular weight excluding hydrogens is 801 g/mol. The number of hydrogen-bond acceptors (Lipinski definition) is 12. The third kappa shape index (κ3) is 13.5. The maximum absolute atomic E-state index is 13.1. The number of carbonyl (C=O) groups excluding carboxylic acids is 2. The fourth-order valence-corrected chi connectivity index (χ4v) is 7.43. The number of rotatable bonds is 21. The Hall–Kier alpha value is -5.07. The van der Waals surface area contributed by atoms with Gasteiger partial charge in [0, 0.05) is 13.8 Å². The first-order valence-electron chi connectivity index (χ1n) is 20.7. The van der Waals surface area contributed by atoms with Crippen LogP contribution in [-0.4, -0.2) is 109 Å². The molecule has 4 aromatic carbocycles. The molecule has 0 aromatic heterocycles. The maximum atomic E-state index is 13.1. The van der Waals surface area contributed by atoms with Gasteiger partial charge in [-0.3, -0.25) is 9.59 Å². The van der Waals surface area contributed by atoms with E-state index in [4.69, 9.17) is 37.9 Å². The van der Waals surface area contributed by atoms with E-state index in [0.29, 0.717) is 0 Å². The minimum absolute atomic E-state index is 0.000188. The second-order valence-electron chi connectivity index (χ2n) is 15.3. The highest BCUT2D eigenvalue weighted by Gasteiger charge is 2.54. The lowest BCUT2D eigenvalue weighted by molar-refractivity contribution is -0.341. The molecule has 2 aliphatic rings. The summed E-state index contributed by atoms with van der Waals surface area (Å²) in [7, 11) is 0. The van der Waals surface area contributed by atoms with Gasteiger partial charge in [0.1, 0.15) is 48.7 Å². The first kappa shape index (κ1) is 46.4. The van der Waals surface area contributed by atoms with Gasteiger partial charge in [0.15, 0.2) is 18.7 Å². The minimum Gasteiger partial charge on any atom is -0.479 e. The zero-order valence-corrected chi connectivity index (χ0v) is 35.0. The lowest BCUT2D eigenvalue weighted by Crippen LogP contribution is -2.70. The molecule has 2 aliphatic heterocycles. The van der Waals surface area contributed by atoms with Crippen molar-refractivity contribution < 1.29 is 62.5 Å². The van der Waals surface area contributed by atoms with E-state index in [1.807, 2.05) is 121 Å². The van der Waals surface area contributed by atoms with Crippen LogP contribution >= 0.6 is 0 Å². The van der Waals surface area contributed by atoms with Crippen LogP contribution in [0.15, 0.2) is 121 Å². The zero-order chi connectivity index (χ0) is 43.8. The Labute approximate surface area is 361 Å². The summed E-state index contributed by atoms with van der Waals surface area (Å²) in [4.78, 5) is 38.0. The molecule has 0 saturated carbocycles. The number of carboxylic acids is 1. The number of benzene rings is 4. The van der Waals surface area contributed by atoms with E-state index < -0.39 is 85.2 Å². The van der Waals surface area contributed by atoms with Gasteiger partial charge in [0.2, 0.25) is 11.8 Å². The molecule has 2 fully saturated rings. The molecule has 4 N–H and O–H groups in total. The highest BCUT2D eigenvalue weighted by molar-refractivity contribution is 5.74. The van der Waals surface area contributed by atoms with Crippen LogP contribution in [0, 0.1) is 0 Å². The fraction of sp³-hybridized carbons (Fsp3) is 0.426. The molecule has 2 heterocycles. The van der Waals surface area contributed by atoms with E-state index in [2.05, 4.69) is 10.6 Å². The molecule has 0 bridgehead atoms. The Bertz CT molecular complexity index is 1960. The Morgan fingerprint density at radius 3 is 1.45 bits per heavy atom. The minimum atomic E-state index is -1.66. The number of nitrogens with one attached hydrogen (secondary N) is 2. The zero-order valence-electron chi connectivity index (χ0n) is 35.0. The normalized spacial score (nSPS) is 26.6. The second-order valence-corrected chi connectivity index (χ2v) is 15.3. The van der Waals surface area contributed by atoms with E-state index in [1.54, 1.807) is 0 Å². The summed E-state index contributed by atoms with van der Waals surface area (Å²) in [5.74, 6) is -2.26. The van der Waals surface area contributed by atoms with Crippen LogP contribution in [0.4, 0.5) is 0 Å². The fourth-order valence-electron chi connectivity index (χ4n) is 7.43. The molecule has 0 spiro atoms. The second kappa shape index (κ2) is 23.4. The van der Waals surface area contributed by atoms with Crippen molar-refractivity contribution in [3.05, 3.63) is 144 Å². The van der Waals surface area contributed by atoms with Gasteiger partial charge < -0.3 is 58.7 Å². The van der Waals surface area contributed by atoms with Gasteiger partial charge in [-0.15, -0.1) is 0 Å². The average Bonchev–Trinajstić information content (AvgIpc) is 3.26. The smallest absolute Gasteiger partial charge is 0.332 e. The van der Waals surface area contributed by atoms with Crippen molar-refractivity contribution in [3.63, 3.8) is 0 Å². The molecule has 0 unspecified atom stereocenters. The third-order valence-electron chi connectivity index (χ3n) is 10.4. The molecule has 0 radical (unpaired) electrons. The van der Waals surface area contributed by atoms with E-state index in [0.717, 1.165) is 22.3 Å². The summed E-state index contributed by atoms with van der Waals surface area (Å²) in [5, 5.41) is 27.0. The first-order chi connectivity index (χ1) is 30.0. The van der Waals surface area contributed by atoms with Crippen molar-refractivity contribution in [3.8, 4) is 0 Å². The molecule has 62 heavy (non-hydrogen) atoms. The third-order valence-corrected chi connectivity index (χ3v) is 10.4. The predicted molar refractivity (Wildman–Crippen MR) is 224 cm³/mol. The van der Waals surface area contributed by atoms with Crippen LogP contribution in [0.2, 0.25) is 0 Å². The predicted octanol–water partition coefficient (Wildman–Crippen LogP) is 4.29. The molecule has 15 heteroatoms. The summed E-state index contributed by atoms with van der Waals surface area (Å²) in [6.45, 7) is 4.47. The number of carboxylic acid groups (broad SMARTS) is 1. The lowest BCUT2D eigenvalue weighted by atomic mass is 9.93. The Morgan fingerprint density at radius 1 is 0.581 bits per heavy atom. The number of carbonyl (C=O) groups is 3. The van der Waals surface area contributed by atoms with E-state index in [-0.39, 0.29) is 39.6 Å². The maximum Gasteiger partial charge on any atom is 0.332 e. The van der Waals surface area contributed by atoms with Gasteiger partial charge in [-0.05, 0) is 29.2 Å². The van der Waals surface area contributed by atoms with E-state index >= 15 is 0 Å². The summed E-state index contributed by atoms with van der Waals surface area (Å²) in [6, 6.07) is 35.8. The molecule has 15 nitrogen and oxygen atoms in total. The van der Waals surface area contributed by atoms with Crippen LogP contribution in [0.5, 0.6) is 0 Å². The average molecular weight is 857 g/mol. The Morgan fingerprint density at radius 2 is 1.00 bits per heavy atom. The summed E-state index contributed by atoms with van der Waals surface area (Å²) in [6.07, 6.45) is -10.8. The topological polar surface area (TPSA) is 190 Å². The lowest BCUT2D eigenvalue weighted by Gasteiger charge is -2.50. The molecule has 6 rings (SSSR count). The van der Waals surface area contributed by atoms with E-state index in [9.17, 15) is 24.6 Å². The molecule has 4 aromatic rings. The molecule has 11 atom stereocenters. The molecule has 2 saturated heterocycles. The summed E-state index contributed by atoms with van der Waals surface area (Å²) in [5.41, 5.74) is 3.54. The van der Waals surface area contributed by atoms with Gasteiger partial charge in [-0.1, -0.05) is 121 Å². The Kier molecular flexibility index (Phi) is 17.5. The SMILES string of the molecule is CC(=O)N[C@@H]1[C@@H](O[C@H](C)C(=O)O)[C@H](O[C@@H]2O[C@H](COCc3ccccc3)[C@@H](OCc3ccccc3)[C@H](OCc3ccccc3)[C@H]2NC(C)=O)[C@@H](COCc2ccccc2)O[C@@H]1O.